The topological polar surface area (TPSA) is 92.6 Å². The number of aromatic nitrogens is 6. The van der Waals surface area contributed by atoms with Crippen molar-refractivity contribution in [3.8, 4) is 0 Å². The predicted molar refractivity (Wildman–Crippen MR) is 83.8 cm³/mol. The first kappa shape index (κ1) is 15.6. The lowest BCUT2D eigenvalue weighted by molar-refractivity contribution is 0.0593. The van der Waals surface area contributed by atoms with Crippen LogP contribution in [0.2, 0.25) is 0 Å². The van der Waals surface area contributed by atoms with Gasteiger partial charge in [-0.25, -0.2) is 4.98 Å². The Morgan fingerprint density at radius 2 is 2.26 bits per heavy atom. The van der Waals surface area contributed by atoms with Gasteiger partial charge in [0.1, 0.15) is 5.82 Å². The monoisotopic (exact) mass is 317 g/mol. The molecule has 1 atom stereocenters. The van der Waals surface area contributed by atoms with Crippen LogP contribution in [0.25, 0.3) is 0 Å². The third-order valence-corrected chi connectivity index (χ3v) is 4.15. The van der Waals surface area contributed by atoms with Gasteiger partial charge in [0, 0.05) is 12.5 Å². The van der Waals surface area contributed by atoms with Crippen LogP contribution in [0.1, 0.15) is 74.1 Å². The fourth-order valence-electron chi connectivity index (χ4n) is 2.85. The number of piperidine rings is 1. The summed E-state index contributed by atoms with van der Waals surface area (Å²) in [6.07, 6.45) is 4.50. The number of carbonyl (C=O) groups is 1. The second-order valence-corrected chi connectivity index (χ2v) is 6.16. The highest BCUT2D eigenvalue weighted by molar-refractivity contribution is 5.92. The Bertz CT molecular complexity index is 675. The van der Waals surface area contributed by atoms with Crippen LogP contribution in [-0.2, 0) is 6.54 Å². The molecule has 1 unspecified atom stereocenters. The summed E-state index contributed by atoms with van der Waals surface area (Å²) in [7, 11) is 0. The lowest BCUT2D eigenvalue weighted by atomic mass is 10.0. The lowest BCUT2D eigenvalue weighted by Gasteiger charge is -2.33. The molecule has 1 saturated heterocycles. The maximum absolute atomic E-state index is 12.8. The van der Waals surface area contributed by atoms with E-state index in [1.807, 2.05) is 11.8 Å². The van der Waals surface area contributed by atoms with Crippen molar-refractivity contribution >= 4 is 5.91 Å². The Morgan fingerprint density at radius 1 is 1.43 bits per heavy atom. The molecule has 0 bridgehead atoms. The van der Waals surface area contributed by atoms with Crippen LogP contribution in [0.15, 0.2) is 6.20 Å². The summed E-state index contributed by atoms with van der Waals surface area (Å²) in [6.45, 7) is 7.41. The molecule has 2 aromatic heterocycles. The molecule has 2 aromatic rings. The summed E-state index contributed by atoms with van der Waals surface area (Å²) in [5.74, 6) is 1.73. The summed E-state index contributed by atoms with van der Waals surface area (Å²) in [4.78, 5) is 20.8. The van der Waals surface area contributed by atoms with E-state index in [0.29, 0.717) is 18.8 Å². The smallest absolute Gasteiger partial charge is 0.276 e. The Hall–Kier alpha value is -2.25. The Balaban J connectivity index is 1.84. The van der Waals surface area contributed by atoms with Crippen molar-refractivity contribution in [1.29, 1.82) is 0 Å². The molecule has 0 saturated carbocycles. The number of likely N-dealkylation sites (tertiary alicyclic amines) is 1. The van der Waals surface area contributed by atoms with Crippen LogP contribution in [0.4, 0.5) is 0 Å². The number of carbonyl (C=O) groups excluding carboxylic acids is 1. The molecule has 0 spiro atoms. The molecule has 0 aromatic carbocycles. The van der Waals surface area contributed by atoms with Crippen molar-refractivity contribution in [1.82, 2.24) is 35.1 Å². The zero-order valence-corrected chi connectivity index (χ0v) is 13.9. The number of aryl methyl sites for hydroxylation is 1. The third-order valence-electron chi connectivity index (χ3n) is 4.15. The standard InChI is InChI=1S/C15H23N7O/c1-4-22-16-9-11(20-22)15(23)21-8-6-5-7-12(21)14-17-13(10(2)3)18-19-14/h9-10,12H,4-8H2,1-3H3,(H,17,18,19). The molecule has 23 heavy (non-hydrogen) atoms. The normalized spacial score (nSPS) is 18.6. The van der Waals surface area contributed by atoms with E-state index >= 15 is 0 Å². The molecule has 3 rings (SSSR count). The number of nitrogens with zero attached hydrogens (tertiary/aromatic N) is 6. The number of amides is 1. The molecule has 3 heterocycles. The number of hydrogen-bond donors (Lipinski definition) is 1. The second kappa shape index (κ2) is 6.47. The van der Waals surface area contributed by atoms with E-state index in [2.05, 4.69) is 39.2 Å². The minimum absolute atomic E-state index is 0.0666. The van der Waals surface area contributed by atoms with Gasteiger partial charge < -0.3 is 4.90 Å². The molecule has 1 fully saturated rings. The number of nitrogens with one attached hydrogen (secondary N) is 1. The molecule has 0 radical (unpaired) electrons. The largest absolute Gasteiger partial charge is 0.327 e. The highest BCUT2D eigenvalue weighted by Crippen LogP contribution is 2.30. The highest BCUT2D eigenvalue weighted by atomic mass is 16.2. The van der Waals surface area contributed by atoms with E-state index in [4.69, 9.17) is 0 Å². The average Bonchev–Trinajstić information content (AvgIpc) is 3.23. The second-order valence-electron chi connectivity index (χ2n) is 6.16. The zero-order chi connectivity index (χ0) is 16.4. The van der Waals surface area contributed by atoms with Gasteiger partial charge in [-0.3, -0.25) is 9.89 Å². The van der Waals surface area contributed by atoms with E-state index in [9.17, 15) is 4.79 Å². The first-order valence-corrected chi connectivity index (χ1v) is 8.23. The third kappa shape index (κ3) is 3.11. The van der Waals surface area contributed by atoms with Crippen LogP contribution in [0.3, 0.4) is 0 Å². The average molecular weight is 317 g/mol. The van der Waals surface area contributed by atoms with Gasteiger partial charge in [-0.05, 0) is 26.2 Å². The van der Waals surface area contributed by atoms with Crippen molar-refractivity contribution in [3.05, 3.63) is 23.5 Å². The summed E-state index contributed by atoms with van der Waals surface area (Å²) >= 11 is 0. The van der Waals surface area contributed by atoms with Gasteiger partial charge >= 0.3 is 0 Å². The Kier molecular flexibility index (Phi) is 4.40. The maximum Gasteiger partial charge on any atom is 0.276 e. The van der Waals surface area contributed by atoms with E-state index in [-0.39, 0.29) is 17.9 Å². The molecule has 8 heteroatoms. The van der Waals surface area contributed by atoms with Crippen molar-refractivity contribution in [2.45, 2.75) is 58.5 Å². The van der Waals surface area contributed by atoms with Gasteiger partial charge in [-0.15, -0.1) is 5.10 Å². The van der Waals surface area contributed by atoms with Gasteiger partial charge in [0.25, 0.3) is 5.91 Å². The molecule has 1 aliphatic heterocycles. The summed E-state index contributed by atoms with van der Waals surface area (Å²) in [6, 6.07) is -0.0666. The number of H-pyrrole nitrogens is 1. The number of aromatic amines is 1. The summed E-state index contributed by atoms with van der Waals surface area (Å²) in [5, 5.41) is 15.6. The SMILES string of the molecule is CCn1ncc(C(=O)N2CCCCC2c2nc(C(C)C)n[nH]2)n1. The van der Waals surface area contributed by atoms with Crippen molar-refractivity contribution < 1.29 is 4.79 Å². The molecule has 8 nitrogen and oxygen atoms in total. The van der Waals surface area contributed by atoms with Crippen LogP contribution in [-0.4, -0.2) is 47.5 Å². The fraction of sp³-hybridized carbons (Fsp3) is 0.667. The molecule has 1 aliphatic rings. The molecular weight excluding hydrogens is 294 g/mol. The number of hydrogen-bond acceptors (Lipinski definition) is 5. The molecule has 124 valence electrons. The quantitative estimate of drug-likeness (QED) is 0.929. The summed E-state index contributed by atoms with van der Waals surface area (Å²) < 4.78 is 0. The predicted octanol–water partition coefficient (Wildman–Crippen LogP) is 1.91. The number of rotatable bonds is 4. The van der Waals surface area contributed by atoms with Crippen LogP contribution < -0.4 is 0 Å². The fourth-order valence-corrected chi connectivity index (χ4v) is 2.85. The van der Waals surface area contributed by atoms with E-state index in [0.717, 1.165) is 30.9 Å². The molecular formula is C15H23N7O. The van der Waals surface area contributed by atoms with Gasteiger partial charge in [0.05, 0.1) is 18.8 Å². The van der Waals surface area contributed by atoms with Crippen molar-refractivity contribution in [2.75, 3.05) is 6.54 Å². The molecule has 0 aliphatic carbocycles. The van der Waals surface area contributed by atoms with Gasteiger partial charge in [-0.2, -0.15) is 15.0 Å². The van der Waals surface area contributed by atoms with Crippen molar-refractivity contribution in [3.63, 3.8) is 0 Å². The van der Waals surface area contributed by atoms with E-state index in [1.54, 1.807) is 0 Å². The first-order valence-electron chi connectivity index (χ1n) is 8.23. The zero-order valence-electron chi connectivity index (χ0n) is 13.9. The Morgan fingerprint density at radius 3 is 2.91 bits per heavy atom. The van der Waals surface area contributed by atoms with Gasteiger partial charge in [0.15, 0.2) is 11.5 Å². The Labute approximate surface area is 135 Å². The van der Waals surface area contributed by atoms with Gasteiger partial charge in [-0.1, -0.05) is 13.8 Å². The van der Waals surface area contributed by atoms with Gasteiger partial charge in [0.2, 0.25) is 0 Å². The van der Waals surface area contributed by atoms with Crippen molar-refractivity contribution in [2.24, 2.45) is 0 Å². The van der Waals surface area contributed by atoms with Crippen LogP contribution in [0.5, 0.6) is 0 Å². The minimum Gasteiger partial charge on any atom is -0.327 e. The van der Waals surface area contributed by atoms with E-state index < -0.39 is 0 Å². The van der Waals surface area contributed by atoms with Crippen LogP contribution >= 0.6 is 0 Å². The van der Waals surface area contributed by atoms with Crippen LogP contribution in [0, 0.1) is 0 Å². The van der Waals surface area contributed by atoms with E-state index in [1.165, 1.54) is 11.0 Å². The highest BCUT2D eigenvalue weighted by Gasteiger charge is 2.32. The maximum atomic E-state index is 12.8. The molecule has 1 N–H and O–H groups in total. The molecule has 1 amide bonds. The minimum atomic E-state index is -0.0862. The summed E-state index contributed by atoms with van der Waals surface area (Å²) in [5.41, 5.74) is 0.391. The lowest BCUT2D eigenvalue weighted by Crippen LogP contribution is -2.39. The first-order chi connectivity index (χ1) is 11.1.